The van der Waals surface area contributed by atoms with E-state index in [0.717, 1.165) is 0 Å². The van der Waals surface area contributed by atoms with Crippen LogP contribution in [0.5, 0.6) is 0 Å². The molecule has 3 rings (SSSR count). The first kappa shape index (κ1) is 17.5. The summed E-state index contributed by atoms with van der Waals surface area (Å²) in [6.45, 7) is 4.33. The lowest BCUT2D eigenvalue weighted by Crippen LogP contribution is -2.52. The van der Waals surface area contributed by atoms with E-state index in [2.05, 4.69) is 5.32 Å². The number of ether oxygens (including phenoxy) is 2. The summed E-state index contributed by atoms with van der Waals surface area (Å²) in [5, 5.41) is 3.59. The molecule has 2 unspecified atom stereocenters. The average molecular weight is 372 g/mol. The molecule has 0 radical (unpaired) electrons. The van der Waals surface area contributed by atoms with Crippen LogP contribution in [0.3, 0.4) is 0 Å². The highest BCUT2D eigenvalue weighted by Gasteiger charge is 2.56. The van der Waals surface area contributed by atoms with Gasteiger partial charge in [-0.3, -0.25) is 9.59 Å². The van der Waals surface area contributed by atoms with Crippen molar-refractivity contribution in [3.8, 4) is 0 Å². The van der Waals surface area contributed by atoms with Gasteiger partial charge in [-0.15, -0.1) is 0 Å². The van der Waals surface area contributed by atoms with E-state index in [-0.39, 0.29) is 18.3 Å². The van der Waals surface area contributed by atoms with Crippen molar-refractivity contribution in [2.45, 2.75) is 44.3 Å². The van der Waals surface area contributed by atoms with E-state index >= 15 is 0 Å². The maximum absolute atomic E-state index is 12.8. The molecule has 0 saturated carbocycles. The second-order valence-corrected chi connectivity index (χ2v) is 7.76. The number of carbonyl (C=O) groups is 2. The molecule has 1 spiro atoms. The van der Waals surface area contributed by atoms with Gasteiger partial charge in [-0.05, 0) is 32.0 Å². The Kier molecular flexibility index (Phi) is 4.53. The van der Waals surface area contributed by atoms with Crippen LogP contribution >= 0.6 is 23.2 Å². The van der Waals surface area contributed by atoms with Gasteiger partial charge < -0.3 is 14.8 Å². The smallest absolute Gasteiger partial charge is 0.307 e. The van der Waals surface area contributed by atoms with Crippen LogP contribution in [0.15, 0.2) is 18.2 Å². The first-order chi connectivity index (χ1) is 11.2. The van der Waals surface area contributed by atoms with Crippen molar-refractivity contribution in [3.05, 3.63) is 28.2 Å². The van der Waals surface area contributed by atoms with Crippen LogP contribution in [0.2, 0.25) is 10.0 Å². The summed E-state index contributed by atoms with van der Waals surface area (Å²) in [5.74, 6) is -1.15. The van der Waals surface area contributed by atoms with E-state index in [1.165, 1.54) is 0 Å². The van der Waals surface area contributed by atoms with Crippen LogP contribution < -0.4 is 5.32 Å². The Morgan fingerprint density at radius 2 is 2.04 bits per heavy atom. The lowest BCUT2D eigenvalue weighted by atomic mass is 9.75. The Bertz CT molecular complexity index is 691. The number of hydrogen-bond acceptors (Lipinski definition) is 4. The maximum Gasteiger partial charge on any atom is 0.307 e. The lowest BCUT2D eigenvalue weighted by Gasteiger charge is -2.43. The van der Waals surface area contributed by atoms with Crippen molar-refractivity contribution < 1.29 is 19.1 Å². The van der Waals surface area contributed by atoms with Crippen LogP contribution in [-0.2, 0) is 19.1 Å². The third-order valence-electron chi connectivity index (χ3n) is 4.57. The van der Waals surface area contributed by atoms with Crippen LogP contribution in [0.4, 0.5) is 5.69 Å². The molecule has 2 aliphatic heterocycles. The first-order valence-electron chi connectivity index (χ1n) is 7.83. The number of anilines is 1. The van der Waals surface area contributed by atoms with Gasteiger partial charge in [0.1, 0.15) is 5.60 Å². The maximum atomic E-state index is 12.8. The highest BCUT2D eigenvalue weighted by Crippen LogP contribution is 2.46. The Morgan fingerprint density at radius 1 is 1.29 bits per heavy atom. The second-order valence-electron chi connectivity index (χ2n) is 6.95. The summed E-state index contributed by atoms with van der Waals surface area (Å²) in [6.07, 6.45) is 1.08. The molecular weight excluding hydrogens is 353 g/mol. The van der Waals surface area contributed by atoms with Crippen molar-refractivity contribution in [3.63, 3.8) is 0 Å². The zero-order chi connectivity index (χ0) is 17.5. The molecular formula is C17H19Cl2NO4. The predicted molar refractivity (Wildman–Crippen MR) is 91.3 cm³/mol. The van der Waals surface area contributed by atoms with E-state index < -0.39 is 17.1 Å². The summed E-state index contributed by atoms with van der Waals surface area (Å²) in [5.41, 5.74) is -0.709. The largest absolute Gasteiger partial charge is 0.458 e. The van der Waals surface area contributed by atoms with Crippen molar-refractivity contribution in [2.24, 2.45) is 5.92 Å². The number of esters is 1. The number of carbonyl (C=O) groups excluding carboxylic acids is 2. The number of hydrogen-bond donors (Lipinski definition) is 1. The molecule has 2 saturated heterocycles. The molecule has 1 aromatic rings. The van der Waals surface area contributed by atoms with E-state index in [4.69, 9.17) is 32.7 Å². The number of amides is 1. The van der Waals surface area contributed by atoms with Gasteiger partial charge in [-0.25, -0.2) is 0 Å². The van der Waals surface area contributed by atoms with Gasteiger partial charge in [0, 0.05) is 18.5 Å². The fourth-order valence-electron chi connectivity index (χ4n) is 3.57. The Labute approximate surface area is 150 Å². The summed E-state index contributed by atoms with van der Waals surface area (Å²) < 4.78 is 11.3. The Morgan fingerprint density at radius 3 is 2.71 bits per heavy atom. The number of halogens is 2. The van der Waals surface area contributed by atoms with Crippen LogP contribution in [0.25, 0.3) is 0 Å². The van der Waals surface area contributed by atoms with E-state index in [9.17, 15) is 9.59 Å². The summed E-state index contributed by atoms with van der Waals surface area (Å²) in [4.78, 5) is 24.7. The molecule has 5 nitrogen and oxygen atoms in total. The Balaban J connectivity index is 1.82. The Hall–Kier alpha value is -1.30. The van der Waals surface area contributed by atoms with Gasteiger partial charge >= 0.3 is 5.97 Å². The zero-order valence-electron chi connectivity index (χ0n) is 13.5. The average Bonchev–Trinajstić information content (AvgIpc) is 2.77. The minimum absolute atomic E-state index is 0.0727. The van der Waals surface area contributed by atoms with Crippen molar-refractivity contribution in [1.82, 2.24) is 0 Å². The number of nitrogens with one attached hydrogen (secondary N) is 1. The lowest BCUT2D eigenvalue weighted by molar-refractivity contribution is -0.178. The van der Waals surface area contributed by atoms with Gasteiger partial charge in [0.2, 0.25) is 5.91 Å². The third-order valence-corrected chi connectivity index (χ3v) is 5.31. The molecule has 2 fully saturated rings. The molecule has 1 aromatic carbocycles. The first-order valence-corrected chi connectivity index (χ1v) is 8.58. The van der Waals surface area contributed by atoms with E-state index in [0.29, 0.717) is 35.2 Å². The van der Waals surface area contributed by atoms with Gasteiger partial charge in [0.25, 0.3) is 0 Å². The molecule has 2 atom stereocenters. The van der Waals surface area contributed by atoms with E-state index in [1.54, 1.807) is 18.2 Å². The highest BCUT2D eigenvalue weighted by molar-refractivity contribution is 6.42. The minimum Gasteiger partial charge on any atom is -0.458 e. The molecule has 0 aromatic heterocycles. The zero-order valence-corrected chi connectivity index (χ0v) is 15.0. The number of rotatable bonds is 2. The third kappa shape index (κ3) is 3.39. The van der Waals surface area contributed by atoms with Gasteiger partial charge in [-0.2, -0.15) is 0 Å². The monoisotopic (exact) mass is 371 g/mol. The quantitative estimate of drug-likeness (QED) is 0.802. The summed E-state index contributed by atoms with van der Waals surface area (Å²) in [7, 11) is 0. The summed E-state index contributed by atoms with van der Waals surface area (Å²) in [6, 6.07) is 4.87. The standard InChI is InChI=1S/C17H19Cl2NO4/c1-16(2)9-17(5-6-23-16)11(8-14(21)24-17)15(22)20-10-3-4-12(18)13(19)7-10/h3-4,7,11H,5-6,8-9H2,1-2H3,(H,20,22). The molecule has 2 heterocycles. The van der Waals surface area contributed by atoms with Gasteiger partial charge in [-0.1, -0.05) is 23.2 Å². The number of benzene rings is 1. The van der Waals surface area contributed by atoms with Crippen LogP contribution in [0.1, 0.15) is 33.1 Å². The molecule has 0 aliphatic carbocycles. The molecule has 1 amide bonds. The fraction of sp³-hybridized carbons (Fsp3) is 0.529. The SMILES string of the molecule is CC1(C)CC2(CCO1)OC(=O)CC2C(=O)Nc1ccc(Cl)c(Cl)c1. The summed E-state index contributed by atoms with van der Waals surface area (Å²) >= 11 is 11.9. The minimum atomic E-state index is -0.806. The van der Waals surface area contributed by atoms with Gasteiger partial charge in [0.05, 0.1) is 34.6 Å². The van der Waals surface area contributed by atoms with Gasteiger partial charge in [0.15, 0.2) is 0 Å². The topological polar surface area (TPSA) is 64.6 Å². The van der Waals surface area contributed by atoms with Crippen molar-refractivity contribution >= 4 is 40.8 Å². The molecule has 130 valence electrons. The molecule has 24 heavy (non-hydrogen) atoms. The fourth-order valence-corrected chi connectivity index (χ4v) is 3.87. The molecule has 1 N–H and O–H groups in total. The molecule has 0 bridgehead atoms. The molecule has 7 heteroatoms. The second kappa shape index (κ2) is 6.21. The van der Waals surface area contributed by atoms with Crippen molar-refractivity contribution in [2.75, 3.05) is 11.9 Å². The van der Waals surface area contributed by atoms with E-state index in [1.807, 2.05) is 13.8 Å². The molecule has 2 aliphatic rings. The van der Waals surface area contributed by atoms with Crippen LogP contribution in [-0.4, -0.2) is 29.7 Å². The highest BCUT2D eigenvalue weighted by atomic mass is 35.5. The predicted octanol–water partition coefficient (Wildman–Crippen LogP) is 3.82. The normalized spacial score (nSPS) is 28.7. The van der Waals surface area contributed by atoms with Crippen molar-refractivity contribution in [1.29, 1.82) is 0 Å². The van der Waals surface area contributed by atoms with Crippen LogP contribution in [0, 0.1) is 5.92 Å².